The number of hydrogen-bond acceptors (Lipinski definition) is 3. The number of morpholine rings is 1. The highest BCUT2D eigenvalue weighted by atomic mass is 16.5. The maximum atomic E-state index is 12.7. The van der Waals surface area contributed by atoms with Gasteiger partial charge in [-0.2, -0.15) is 0 Å². The van der Waals surface area contributed by atoms with Gasteiger partial charge in [-0.25, -0.2) is 0 Å². The fourth-order valence-electron chi connectivity index (χ4n) is 4.69. The molecule has 2 saturated carbocycles. The van der Waals surface area contributed by atoms with Crippen molar-refractivity contribution in [2.24, 2.45) is 28.7 Å². The predicted molar refractivity (Wildman–Crippen MR) is 102 cm³/mol. The molecule has 0 spiro atoms. The van der Waals surface area contributed by atoms with Gasteiger partial charge in [0, 0.05) is 45.7 Å². The van der Waals surface area contributed by atoms with Crippen molar-refractivity contribution in [3.05, 3.63) is 0 Å². The Balaban J connectivity index is 1.24. The number of carbonyl (C=O) groups is 1. The van der Waals surface area contributed by atoms with Gasteiger partial charge in [0.15, 0.2) is 5.96 Å². The van der Waals surface area contributed by atoms with Crippen molar-refractivity contribution in [1.82, 2.24) is 15.1 Å². The van der Waals surface area contributed by atoms with Gasteiger partial charge in [0.05, 0.1) is 13.2 Å². The second-order valence-corrected chi connectivity index (χ2v) is 8.47. The number of hydrogen-bond donors (Lipinski definition) is 1. The number of nitrogens with one attached hydrogen (secondary N) is 1. The van der Waals surface area contributed by atoms with E-state index < -0.39 is 0 Å². The summed E-state index contributed by atoms with van der Waals surface area (Å²) in [5.74, 6) is 4.32. The van der Waals surface area contributed by atoms with Crippen LogP contribution in [0.25, 0.3) is 0 Å². The molecule has 2 heterocycles. The van der Waals surface area contributed by atoms with E-state index in [4.69, 9.17) is 4.74 Å². The summed E-state index contributed by atoms with van der Waals surface area (Å²) in [6.45, 7) is 5.82. The van der Waals surface area contributed by atoms with Crippen molar-refractivity contribution in [3.63, 3.8) is 0 Å². The van der Waals surface area contributed by atoms with E-state index in [9.17, 15) is 4.79 Å². The van der Waals surface area contributed by atoms with E-state index in [0.29, 0.717) is 19.1 Å². The number of aliphatic imine (C=N–C) groups is 1. The van der Waals surface area contributed by atoms with E-state index in [-0.39, 0.29) is 5.92 Å². The summed E-state index contributed by atoms with van der Waals surface area (Å²) in [6.07, 6.45) is 7.58. The number of ether oxygens (including phenoxy) is 1. The van der Waals surface area contributed by atoms with Crippen LogP contribution in [-0.2, 0) is 9.53 Å². The molecule has 0 aromatic rings. The van der Waals surface area contributed by atoms with Crippen LogP contribution < -0.4 is 5.32 Å². The van der Waals surface area contributed by atoms with Crippen LogP contribution in [0.5, 0.6) is 0 Å². The molecule has 6 nitrogen and oxygen atoms in total. The predicted octanol–water partition coefficient (Wildman–Crippen LogP) is 1.57. The van der Waals surface area contributed by atoms with Gasteiger partial charge in [-0.1, -0.05) is 0 Å². The lowest BCUT2D eigenvalue weighted by Crippen LogP contribution is -2.50. The minimum Gasteiger partial charge on any atom is -0.378 e. The van der Waals surface area contributed by atoms with Crippen LogP contribution in [0.4, 0.5) is 0 Å². The maximum absolute atomic E-state index is 12.7. The quantitative estimate of drug-likeness (QED) is 0.596. The zero-order valence-corrected chi connectivity index (χ0v) is 16.2. The van der Waals surface area contributed by atoms with Crippen LogP contribution in [0.2, 0.25) is 0 Å². The number of piperidine rings is 1. The first-order chi connectivity index (χ1) is 12.8. The molecule has 1 N–H and O–H groups in total. The number of nitrogens with zero attached hydrogens (tertiary/aromatic N) is 3. The molecule has 4 fully saturated rings. The molecule has 0 radical (unpaired) electrons. The van der Waals surface area contributed by atoms with Crippen LogP contribution in [0.3, 0.4) is 0 Å². The number of rotatable bonds is 5. The highest BCUT2D eigenvalue weighted by Crippen LogP contribution is 2.48. The molecular formula is C20H34N4O2. The molecular weight excluding hydrogens is 328 g/mol. The molecule has 0 unspecified atom stereocenters. The Hall–Kier alpha value is -1.30. The molecule has 0 aromatic heterocycles. The Labute approximate surface area is 157 Å². The molecule has 0 atom stereocenters. The highest BCUT2D eigenvalue weighted by Gasteiger charge is 2.41. The van der Waals surface area contributed by atoms with E-state index in [1.54, 1.807) is 0 Å². The van der Waals surface area contributed by atoms with Crippen LogP contribution in [0.15, 0.2) is 4.99 Å². The zero-order valence-electron chi connectivity index (χ0n) is 16.2. The minimum atomic E-state index is 0.174. The summed E-state index contributed by atoms with van der Waals surface area (Å²) >= 11 is 0. The molecule has 4 aliphatic rings. The van der Waals surface area contributed by atoms with Gasteiger partial charge in [0.25, 0.3) is 0 Å². The fourth-order valence-corrected chi connectivity index (χ4v) is 4.69. The van der Waals surface area contributed by atoms with Crippen molar-refractivity contribution in [3.8, 4) is 0 Å². The Morgan fingerprint density at radius 3 is 2.15 bits per heavy atom. The second-order valence-electron chi connectivity index (χ2n) is 8.47. The largest absolute Gasteiger partial charge is 0.378 e. The third-order valence-corrected chi connectivity index (χ3v) is 6.63. The molecule has 2 saturated heterocycles. The zero-order chi connectivity index (χ0) is 17.9. The van der Waals surface area contributed by atoms with Crippen molar-refractivity contribution in [1.29, 1.82) is 0 Å². The topological polar surface area (TPSA) is 57.2 Å². The number of carbonyl (C=O) groups excluding carboxylic acids is 1. The Morgan fingerprint density at radius 1 is 1.00 bits per heavy atom. The van der Waals surface area contributed by atoms with Crippen LogP contribution in [0, 0.1) is 23.7 Å². The van der Waals surface area contributed by atoms with Gasteiger partial charge >= 0.3 is 0 Å². The molecule has 0 bridgehead atoms. The average Bonchev–Trinajstić information content (AvgIpc) is 3.60. The smallest absolute Gasteiger partial charge is 0.225 e. The normalized spacial score (nSPS) is 25.7. The van der Waals surface area contributed by atoms with Crippen molar-refractivity contribution in [2.75, 3.05) is 53.0 Å². The molecule has 2 aliphatic heterocycles. The van der Waals surface area contributed by atoms with Gasteiger partial charge in [0.2, 0.25) is 5.91 Å². The monoisotopic (exact) mass is 362 g/mol. The van der Waals surface area contributed by atoms with Crippen LogP contribution >= 0.6 is 0 Å². The molecule has 146 valence electrons. The van der Waals surface area contributed by atoms with Gasteiger partial charge in [-0.15, -0.1) is 0 Å². The van der Waals surface area contributed by atoms with Gasteiger partial charge in [0.1, 0.15) is 0 Å². The van der Waals surface area contributed by atoms with Gasteiger partial charge < -0.3 is 19.9 Å². The molecule has 4 rings (SSSR count). The number of guanidine groups is 1. The first-order valence-corrected chi connectivity index (χ1v) is 10.6. The standard InChI is InChI=1S/C20H34N4O2/c1-21-20(22-14-18(15-2-3-15)16-4-5-16)24-8-6-17(7-9-24)19(25)23-10-12-26-13-11-23/h15-18H,2-14H2,1H3,(H,21,22). The molecule has 0 aromatic carbocycles. The molecule has 1 amide bonds. The summed E-state index contributed by atoms with van der Waals surface area (Å²) in [5, 5.41) is 3.65. The van der Waals surface area contributed by atoms with E-state index in [1.807, 2.05) is 11.9 Å². The van der Waals surface area contributed by atoms with Gasteiger partial charge in [-0.3, -0.25) is 9.79 Å². The first-order valence-electron chi connectivity index (χ1n) is 10.6. The van der Waals surface area contributed by atoms with Crippen molar-refractivity contribution in [2.45, 2.75) is 38.5 Å². The van der Waals surface area contributed by atoms with Crippen molar-refractivity contribution >= 4 is 11.9 Å². The Bertz CT molecular complexity index is 504. The summed E-state index contributed by atoms with van der Waals surface area (Å²) < 4.78 is 5.36. The van der Waals surface area contributed by atoms with E-state index >= 15 is 0 Å². The first kappa shape index (κ1) is 18.1. The summed E-state index contributed by atoms with van der Waals surface area (Å²) in [6, 6.07) is 0. The molecule has 26 heavy (non-hydrogen) atoms. The Kier molecular flexibility index (Phi) is 5.67. The minimum absolute atomic E-state index is 0.174. The second kappa shape index (κ2) is 8.15. The third-order valence-electron chi connectivity index (χ3n) is 6.63. The summed E-state index contributed by atoms with van der Waals surface area (Å²) in [4.78, 5) is 21.5. The summed E-state index contributed by atoms with van der Waals surface area (Å²) in [7, 11) is 1.89. The lowest BCUT2D eigenvalue weighted by molar-refractivity contribution is -0.140. The van der Waals surface area contributed by atoms with E-state index in [2.05, 4.69) is 15.2 Å². The van der Waals surface area contributed by atoms with Crippen LogP contribution in [-0.4, -0.2) is 74.7 Å². The molecule has 2 aliphatic carbocycles. The Morgan fingerprint density at radius 2 is 1.62 bits per heavy atom. The number of likely N-dealkylation sites (tertiary alicyclic amines) is 1. The maximum Gasteiger partial charge on any atom is 0.225 e. The van der Waals surface area contributed by atoms with Crippen molar-refractivity contribution < 1.29 is 9.53 Å². The lowest BCUT2D eigenvalue weighted by atomic mass is 9.95. The average molecular weight is 363 g/mol. The SMILES string of the molecule is CN=C(NCC(C1CC1)C1CC1)N1CCC(C(=O)N2CCOCC2)CC1. The number of amides is 1. The fraction of sp³-hybridized carbons (Fsp3) is 0.900. The van der Waals surface area contributed by atoms with Gasteiger partial charge in [-0.05, 0) is 56.3 Å². The lowest BCUT2D eigenvalue weighted by Gasteiger charge is -2.37. The summed E-state index contributed by atoms with van der Waals surface area (Å²) in [5.41, 5.74) is 0. The molecule has 6 heteroatoms. The van der Waals surface area contributed by atoms with E-state index in [0.717, 1.165) is 69.3 Å². The van der Waals surface area contributed by atoms with Crippen LogP contribution in [0.1, 0.15) is 38.5 Å². The highest BCUT2D eigenvalue weighted by molar-refractivity contribution is 5.81. The third kappa shape index (κ3) is 4.33. The van der Waals surface area contributed by atoms with E-state index in [1.165, 1.54) is 25.7 Å².